The molecule has 1 N–H and O–H groups in total. The monoisotopic (exact) mass is 475 g/mol. The molecule has 1 aromatic rings. The lowest BCUT2D eigenvalue weighted by Gasteiger charge is -2.53. The molecular formula is C25H37N3O4S. The van der Waals surface area contributed by atoms with Crippen molar-refractivity contribution in [1.29, 1.82) is 0 Å². The summed E-state index contributed by atoms with van der Waals surface area (Å²) in [4.78, 5) is 32.7. The molecule has 0 unspecified atom stereocenters. The number of rotatable bonds is 5. The predicted octanol–water partition coefficient (Wildman–Crippen LogP) is 3.21. The van der Waals surface area contributed by atoms with E-state index in [0.29, 0.717) is 23.3 Å². The fraction of sp³-hybridized carbons (Fsp3) is 0.720. The molecule has 2 aliphatic carbocycles. The Morgan fingerprint density at radius 1 is 1.30 bits per heavy atom. The average Bonchev–Trinajstić information content (AvgIpc) is 3.31. The van der Waals surface area contributed by atoms with Gasteiger partial charge in [0.1, 0.15) is 6.10 Å². The summed E-state index contributed by atoms with van der Waals surface area (Å²) < 4.78 is 5.53. The van der Waals surface area contributed by atoms with Crippen LogP contribution >= 0.6 is 11.3 Å². The van der Waals surface area contributed by atoms with Gasteiger partial charge in [0.05, 0.1) is 5.60 Å². The maximum Gasteiger partial charge on any atom is 0.303 e. The molecule has 1 aromatic heterocycles. The van der Waals surface area contributed by atoms with Gasteiger partial charge in [0, 0.05) is 63.6 Å². The van der Waals surface area contributed by atoms with Crippen LogP contribution in [0.25, 0.3) is 0 Å². The van der Waals surface area contributed by atoms with Crippen molar-refractivity contribution in [3.05, 3.63) is 28.2 Å². The van der Waals surface area contributed by atoms with E-state index in [1.165, 1.54) is 18.3 Å². The third kappa shape index (κ3) is 5.03. The highest BCUT2D eigenvalue weighted by Crippen LogP contribution is 2.51. The number of hydrogen-bond acceptors (Lipinski definition) is 7. The molecule has 0 bridgehead atoms. The summed E-state index contributed by atoms with van der Waals surface area (Å²) in [6.07, 6.45) is 6.11. The second-order valence-electron chi connectivity index (χ2n) is 10.3. The van der Waals surface area contributed by atoms with Crippen LogP contribution in [-0.2, 0) is 9.53 Å². The summed E-state index contributed by atoms with van der Waals surface area (Å²) in [5, 5.41) is 14.2. The summed E-state index contributed by atoms with van der Waals surface area (Å²) in [7, 11) is 0. The van der Waals surface area contributed by atoms with E-state index < -0.39 is 5.60 Å². The molecule has 0 aromatic carbocycles. The second kappa shape index (κ2) is 9.84. The molecule has 0 radical (unpaired) electrons. The predicted molar refractivity (Wildman–Crippen MR) is 128 cm³/mol. The van der Waals surface area contributed by atoms with Gasteiger partial charge in [-0.3, -0.25) is 14.5 Å². The first kappa shape index (κ1) is 24.4. The van der Waals surface area contributed by atoms with Crippen LogP contribution in [-0.4, -0.2) is 76.2 Å². The standard InChI is InChI=1S/C25H37N3O4S/c1-16-13-21-20(6-5-18(3)25(21,31)14-22(16)32-19(4)29)17(2)15-27-8-10-28(11-9-27)24(30)23-26-7-12-33-23/h7,12-13,17-18,20-22,31H,5-6,8-11,14-15H2,1-4H3/t17-,18-,20+,21-,22-,25-/m1/s1. The molecule has 1 saturated heterocycles. The van der Waals surface area contributed by atoms with Gasteiger partial charge in [-0.1, -0.05) is 19.9 Å². The zero-order valence-corrected chi connectivity index (χ0v) is 21.0. The fourth-order valence-electron chi connectivity index (χ4n) is 6.14. The molecule has 8 heteroatoms. The highest BCUT2D eigenvalue weighted by atomic mass is 32.1. The number of amides is 1. The van der Waals surface area contributed by atoms with Gasteiger partial charge in [-0.15, -0.1) is 11.3 Å². The van der Waals surface area contributed by atoms with E-state index in [1.54, 1.807) is 6.20 Å². The largest absolute Gasteiger partial charge is 0.458 e. The second-order valence-corrected chi connectivity index (χ2v) is 11.2. The van der Waals surface area contributed by atoms with Crippen molar-refractivity contribution < 1.29 is 19.4 Å². The topological polar surface area (TPSA) is 83.0 Å². The molecule has 2 heterocycles. The maximum atomic E-state index is 12.6. The third-order valence-electron chi connectivity index (χ3n) is 8.15. The van der Waals surface area contributed by atoms with E-state index >= 15 is 0 Å². The van der Waals surface area contributed by atoms with Crippen LogP contribution in [0.15, 0.2) is 23.2 Å². The van der Waals surface area contributed by atoms with E-state index in [4.69, 9.17) is 4.74 Å². The highest BCUT2D eigenvalue weighted by molar-refractivity contribution is 7.11. The van der Waals surface area contributed by atoms with Gasteiger partial charge < -0.3 is 14.7 Å². The van der Waals surface area contributed by atoms with E-state index in [9.17, 15) is 14.7 Å². The molecule has 1 amide bonds. The van der Waals surface area contributed by atoms with Crippen LogP contribution in [0.5, 0.6) is 0 Å². The van der Waals surface area contributed by atoms with E-state index in [0.717, 1.165) is 51.1 Å². The number of hydrogen-bond donors (Lipinski definition) is 1. The molecule has 7 nitrogen and oxygen atoms in total. The lowest BCUT2D eigenvalue weighted by Crippen LogP contribution is -2.56. The third-order valence-corrected chi connectivity index (χ3v) is 8.91. The van der Waals surface area contributed by atoms with Crippen LogP contribution in [0.2, 0.25) is 0 Å². The van der Waals surface area contributed by atoms with Gasteiger partial charge in [-0.25, -0.2) is 4.98 Å². The Hall–Kier alpha value is -1.77. The first-order valence-corrected chi connectivity index (χ1v) is 13.1. The molecule has 4 rings (SSSR count). The van der Waals surface area contributed by atoms with Gasteiger partial charge in [-0.2, -0.15) is 0 Å². The summed E-state index contributed by atoms with van der Waals surface area (Å²) >= 11 is 1.40. The molecule has 1 aliphatic heterocycles. The molecule has 3 aliphatic rings. The van der Waals surface area contributed by atoms with E-state index in [1.807, 2.05) is 17.2 Å². The number of esters is 1. The number of carbonyl (C=O) groups is 2. The van der Waals surface area contributed by atoms with Gasteiger partial charge in [0.2, 0.25) is 0 Å². The van der Waals surface area contributed by atoms with E-state index in [-0.39, 0.29) is 29.8 Å². The summed E-state index contributed by atoms with van der Waals surface area (Å²) in [6.45, 7) is 12.0. The van der Waals surface area contributed by atoms with Crippen molar-refractivity contribution >= 4 is 23.2 Å². The van der Waals surface area contributed by atoms with Gasteiger partial charge >= 0.3 is 5.97 Å². The molecular weight excluding hydrogens is 438 g/mol. The van der Waals surface area contributed by atoms with Crippen molar-refractivity contribution in [2.24, 2.45) is 23.7 Å². The molecule has 182 valence electrons. The fourth-order valence-corrected chi connectivity index (χ4v) is 6.74. The van der Waals surface area contributed by atoms with Crippen LogP contribution in [0.4, 0.5) is 0 Å². The summed E-state index contributed by atoms with van der Waals surface area (Å²) in [6, 6.07) is 0. The van der Waals surface area contributed by atoms with Crippen molar-refractivity contribution in [3.8, 4) is 0 Å². The normalized spacial score (nSPS) is 33.7. The summed E-state index contributed by atoms with van der Waals surface area (Å²) in [5.74, 6) is 0.799. The number of ether oxygens (including phenoxy) is 1. The number of fused-ring (bicyclic) bond motifs is 1. The average molecular weight is 476 g/mol. The van der Waals surface area contributed by atoms with Crippen LogP contribution in [0.1, 0.15) is 56.8 Å². The first-order chi connectivity index (χ1) is 15.7. The number of aliphatic hydroxyl groups is 1. The summed E-state index contributed by atoms with van der Waals surface area (Å²) in [5.41, 5.74) is 0.218. The Bertz CT molecular complexity index is 880. The van der Waals surface area contributed by atoms with Gasteiger partial charge in [0.25, 0.3) is 5.91 Å². The van der Waals surface area contributed by atoms with Crippen molar-refractivity contribution in [2.75, 3.05) is 32.7 Å². The van der Waals surface area contributed by atoms with Crippen LogP contribution < -0.4 is 0 Å². The Morgan fingerprint density at radius 2 is 2.03 bits per heavy atom. The zero-order chi connectivity index (χ0) is 23.8. The molecule has 2 fully saturated rings. The Kier molecular flexibility index (Phi) is 7.26. The lowest BCUT2D eigenvalue weighted by molar-refractivity contribution is -0.159. The number of aromatic nitrogens is 1. The number of thiazole rings is 1. The number of nitrogens with zero attached hydrogens (tertiary/aromatic N) is 3. The minimum Gasteiger partial charge on any atom is -0.458 e. The lowest BCUT2D eigenvalue weighted by atomic mass is 9.57. The quantitative estimate of drug-likeness (QED) is 0.520. The Labute approximate surface area is 200 Å². The van der Waals surface area contributed by atoms with Gasteiger partial charge in [0.15, 0.2) is 5.01 Å². The van der Waals surface area contributed by atoms with Gasteiger partial charge in [-0.05, 0) is 43.1 Å². The zero-order valence-electron chi connectivity index (χ0n) is 20.2. The SMILES string of the molecule is CC(=O)O[C@@H]1C[C@@]2(O)[C@H](C)CC[C@@H]([C@H](C)CN3CCN(C(=O)c4nccs4)CC3)[C@H]2C=C1C. The van der Waals surface area contributed by atoms with E-state index in [2.05, 4.69) is 29.8 Å². The van der Waals surface area contributed by atoms with Crippen molar-refractivity contribution in [2.45, 2.75) is 58.7 Å². The first-order valence-electron chi connectivity index (χ1n) is 12.2. The highest BCUT2D eigenvalue weighted by Gasteiger charge is 2.52. The number of carbonyl (C=O) groups excluding carboxylic acids is 2. The molecule has 1 saturated carbocycles. The Morgan fingerprint density at radius 3 is 2.67 bits per heavy atom. The molecule has 0 spiro atoms. The van der Waals surface area contributed by atoms with Crippen LogP contribution in [0, 0.1) is 23.7 Å². The smallest absolute Gasteiger partial charge is 0.303 e. The van der Waals surface area contributed by atoms with Crippen molar-refractivity contribution in [1.82, 2.24) is 14.8 Å². The molecule has 6 atom stereocenters. The maximum absolute atomic E-state index is 12.6. The van der Waals surface area contributed by atoms with Crippen LogP contribution in [0.3, 0.4) is 0 Å². The Balaban J connectivity index is 1.39. The minimum absolute atomic E-state index is 0.0363. The minimum atomic E-state index is -0.838. The number of piperazine rings is 1. The van der Waals surface area contributed by atoms with Crippen molar-refractivity contribution in [3.63, 3.8) is 0 Å². The molecule has 33 heavy (non-hydrogen) atoms.